The zero-order valence-corrected chi connectivity index (χ0v) is 20.3. The smallest absolute Gasteiger partial charge is 0.326 e. The van der Waals surface area contributed by atoms with Gasteiger partial charge in [-0.05, 0) is 56.3 Å². The SMILES string of the molecule is NC(=O)c1cnc2ccccc2c1.NCCC[C@H](N)C(=O)N[C@@H](CCCCc1ccccc1)C(=O)O. The second-order valence-corrected chi connectivity index (χ2v) is 8.45. The summed E-state index contributed by atoms with van der Waals surface area (Å²) in [5.74, 6) is -1.89. The topological polar surface area (TPSA) is 174 Å². The molecule has 0 aliphatic carbocycles. The van der Waals surface area contributed by atoms with Gasteiger partial charge in [0.15, 0.2) is 0 Å². The van der Waals surface area contributed by atoms with Gasteiger partial charge in [0.2, 0.25) is 11.8 Å². The van der Waals surface area contributed by atoms with E-state index in [9.17, 15) is 19.5 Å². The van der Waals surface area contributed by atoms with Gasteiger partial charge in [-0.3, -0.25) is 14.6 Å². The Kier molecular flexibility index (Phi) is 12.0. The summed E-state index contributed by atoms with van der Waals surface area (Å²) in [5, 5.41) is 12.7. The number of fused-ring (bicyclic) bond motifs is 1. The van der Waals surface area contributed by atoms with E-state index in [-0.39, 0.29) is 0 Å². The fraction of sp³-hybridized carbons (Fsp3) is 0.333. The molecule has 0 aliphatic heterocycles. The average Bonchev–Trinajstić information content (AvgIpc) is 2.89. The van der Waals surface area contributed by atoms with Crippen molar-refractivity contribution in [2.45, 2.75) is 50.6 Å². The van der Waals surface area contributed by atoms with E-state index in [1.54, 1.807) is 6.07 Å². The maximum atomic E-state index is 11.9. The monoisotopic (exact) mass is 493 g/mol. The molecule has 36 heavy (non-hydrogen) atoms. The highest BCUT2D eigenvalue weighted by Crippen LogP contribution is 2.12. The molecule has 0 fully saturated rings. The summed E-state index contributed by atoms with van der Waals surface area (Å²) in [6, 6.07) is 17.8. The molecule has 2 atom stereocenters. The van der Waals surface area contributed by atoms with Crippen LogP contribution in [0.2, 0.25) is 0 Å². The molecule has 2 amide bonds. The number of hydrogen-bond acceptors (Lipinski definition) is 6. The lowest BCUT2D eigenvalue weighted by molar-refractivity contribution is -0.142. The number of primary amides is 1. The van der Waals surface area contributed by atoms with E-state index < -0.39 is 29.9 Å². The van der Waals surface area contributed by atoms with Crippen LogP contribution in [0.25, 0.3) is 10.9 Å². The number of carbonyl (C=O) groups excluding carboxylic acids is 2. The van der Waals surface area contributed by atoms with Crippen LogP contribution in [-0.2, 0) is 16.0 Å². The number of unbranched alkanes of at least 4 members (excludes halogenated alkanes) is 1. The first-order chi connectivity index (χ1) is 17.3. The number of aromatic nitrogens is 1. The summed E-state index contributed by atoms with van der Waals surface area (Å²) in [6.45, 7) is 0.461. The van der Waals surface area contributed by atoms with Gasteiger partial charge in [0.1, 0.15) is 6.04 Å². The van der Waals surface area contributed by atoms with E-state index in [0.29, 0.717) is 31.4 Å². The highest BCUT2D eigenvalue weighted by Gasteiger charge is 2.22. The maximum absolute atomic E-state index is 11.9. The number of amides is 2. The number of carboxylic acids is 1. The zero-order chi connectivity index (χ0) is 26.3. The summed E-state index contributed by atoms with van der Waals surface area (Å²) in [5.41, 5.74) is 18.8. The number of carboxylic acid groups (broad SMARTS) is 1. The number of aryl methyl sites for hydroxylation is 1. The van der Waals surface area contributed by atoms with Crippen molar-refractivity contribution < 1.29 is 19.5 Å². The van der Waals surface area contributed by atoms with Gasteiger partial charge in [0.25, 0.3) is 0 Å². The first-order valence-electron chi connectivity index (χ1n) is 12.0. The molecule has 0 aliphatic rings. The van der Waals surface area contributed by atoms with Crippen LogP contribution in [0, 0.1) is 0 Å². The molecule has 0 spiro atoms. The Bertz CT molecular complexity index is 1120. The van der Waals surface area contributed by atoms with Gasteiger partial charge in [0, 0.05) is 11.6 Å². The molecular weight excluding hydrogens is 458 g/mol. The van der Waals surface area contributed by atoms with Gasteiger partial charge in [-0.2, -0.15) is 0 Å². The van der Waals surface area contributed by atoms with Crippen LogP contribution in [0.3, 0.4) is 0 Å². The van der Waals surface area contributed by atoms with Crippen LogP contribution < -0.4 is 22.5 Å². The maximum Gasteiger partial charge on any atom is 0.326 e. The van der Waals surface area contributed by atoms with E-state index in [2.05, 4.69) is 10.3 Å². The number of benzene rings is 2. The summed E-state index contributed by atoms with van der Waals surface area (Å²) in [6.07, 6.45) is 5.50. The molecular formula is C27H35N5O4. The number of para-hydroxylation sites is 1. The molecule has 0 radical (unpaired) electrons. The van der Waals surface area contributed by atoms with Crippen LogP contribution in [0.5, 0.6) is 0 Å². The number of aliphatic carboxylic acids is 1. The summed E-state index contributed by atoms with van der Waals surface area (Å²) in [4.78, 5) is 38.1. The van der Waals surface area contributed by atoms with Gasteiger partial charge >= 0.3 is 5.97 Å². The van der Waals surface area contributed by atoms with Gasteiger partial charge in [0.05, 0.1) is 17.1 Å². The number of nitrogens with zero attached hydrogens (tertiary/aromatic N) is 1. The molecule has 1 aromatic heterocycles. The largest absolute Gasteiger partial charge is 0.480 e. The van der Waals surface area contributed by atoms with E-state index in [1.807, 2.05) is 54.6 Å². The Hall–Kier alpha value is -3.82. The highest BCUT2D eigenvalue weighted by molar-refractivity contribution is 5.96. The predicted molar refractivity (Wildman–Crippen MR) is 140 cm³/mol. The normalized spacial score (nSPS) is 12.2. The van der Waals surface area contributed by atoms with Crippen molar-refractivity contribution in [3.63, 3.8) is 0 Å². The lowest BCUT2D eigenvalue weighted by atomic mass is 10.0. The minimum atomic E-state index is -1.02. The van der Waals surface area contributed by atoms with Crippen LogP contribution >= 0.6 is 0 Å². The van der Waals surface area contributed by atoms with Crippen molar-refractivity contribution in [3.05, 3.63) is 78.0 Å². The van der Waals surface area contributed by atoms with Crippen molar-refractivity contribution in [3.8, 4) is 0 Å². The Morgan fingerprint density at radius 2 is 1.64 bits per heavy atom. The fourth-order valence-electron chi connectivity index (χ4n) is 3.53. The third kappa shape index (κ3) is 9.81. The number of rotatable bonds is 12. The average molecular weight is 494 g/mol. The van der Waals surface area contributed by atoms with Gasteiger partial charge in [-0.1, -0.05) is 55.0 Å². The van der Waals surface area contributed by atoms with E-state index in [0.717, 1.165) is 30.2 Å². The summed E-state index contributed by atoms with van der Waals surface area (Å²) in [7, 11) is 0. The Balaban J connectivity index is 0.000000293. The number of nitrogens with one attached hydrogen (secondary N) is 1. The van der Waals surface area contributed by atoms with Crippen molar-refractivity contribution >= 4 is 28.7 Å². The quantitative estimate of drug-likeness (QED) is 0.241. The first-order valence-corrected chi connectivity index (χ1v) is 12.0. The minimum Gasteiger partial charge on any atom is -0.480 e. The lowest BCUT2D eigenvalue weighted by Crippen LogP contribution is -2.48. The van der Waals surface area contributed by atoms with Crippen LogP contribution in [0.15, 0.2) is 66.9 Å². The number of hydrogen-bond donors (Lipinski definition) is 5. The molecule has 192 valence electrons. The van der Waals surface area contributed by atoms with Gasteiger partial charge in [-0.25, -0.2) is 4.79 Å². The number of nitrogens with two attached hydrogens (primary N) is 3. The number of pyridine rings is 1. The second-order valence-electron chi connectivity index (χ2n) is 8.45. The molecule has 8 N–H and O–H groups in total. The van der Waals surface area contributed by atoms with Crippen LogP contribution in [0.1, 0.15) is 48.0 Å². The molecule has 1 heterocycles. The Morgan fingerprint density at radius 1 is 0.944 bits per heavy atom. The van der Waals surface area contributed by atoms with Gasteiger partial charge in [-0.15, -0.1) is 0 Å². The van der Waals surface area contributed by atoms with Crippen LogP contribution in [0.4, 0.5) is 0 Å². The third-order valence-corrected chi connectivity index (χ3v) is 5.60. The number of carbonyl (C=O) groups is 3. The Labute approximate surface area is 211 Å². The van der Waals surface area contributed by atoms with E-state index in [1.165, 1.54) is 11.8 Å². The minimum absolute atomic E-state index is 0.400. The molecule has 2 aromatic carbocycles. The molecule has 0 saturated carbocycles. The first kappa shape index (κ1) is 28.4. The summed E-state index contributed by atoms with van der Waals surface area (Å²) < 4.78 is 0. The molecule has 0 unspecified atom stereocenters. The summed E-state index contributed by atoms with van der Waals surface area (Å²) >= 11 is 0. The van der Waals surface area contributed by atoms with Gasteiger partial charge < -0.3 is 27.6 Å². The van der Waals surface area contributed by atoms with E-state index >= 15 is 0 Å². The highest BCUT2D eigenvalue weighted by atomic mass is 16.4. The fourth-order valence-corrected chi connectivity index (χ4v) is 3.53. The third-order valence-electron chi connectivity index (χ3n) is 5.60. The van der Waals surface area contributed by atoms with E-state index in [4.69, 9.17) is 17.2 Å². The zero-order valence-electron chi connectivity index (χ0n) is 20.3. The van der Waals surface area contributed by atoms with Crippen molar-refractivity contribution in [1.82, 2.24) is 10.3 Å². The second kappa shape index (κ2) is 15.2. The molecule has 3 aromatic rings. The Morgan fingerprint density at radius 3 is 2.31 bits per heavy atom. The molecule has 9 heteroatoms. The molecule has 0 saturated heterocycles. The lowest BCUT2D eigenvalue weighted by Gasteiger charge is -2.17. The van der Waals surface area contributed by atoms with Crippen molar-refractivity contribution in [2.75, 3.05) is 6.54 Å². The van der Waals surface area contributed by atoms with Crippen molar-refractivity contribution in [1.29, 1.82) is 0 Å². The molecule has 9 nitrogen and oxygen atoms in total. The standard InChI is InChI=1S/C17H27N3O3.C10H8N2O/c18-12-6-10-14(19)16(21)20-15(17(22)23)11-5-4-9-13-7-2-1-3-8-13;11-10(13)8-5-7-3-1-2-4-9(7)12-6-8/h1-3,7-8,14-15H,4-6,9-12,18-19H2,(H,20,21)(H,22,23);1-6H,(H2,11,13)/t14-,15-;/m0./s1. The van der Waals surface area contributed by atoms with Crippen LogP contribution in [-0.4, -0.2) is 46.5 Å². The predicted octanol–water partition coefficient (Wildman–Crippen LogP) is 2.37. The molecule has 3 rings (SSSR count). The molecule has 0 bridgehead atoms. The van der Waals surface area contributed by atoms with Crippen molar-refractivity contribution in [2.24, 2.45) is 17.2 Å².